The summed E-state index contributed by atoms with van der Waals surface area (Å²) in [5.74, 6) is -0.00569. The predicted molar refractivity (Wildman–Crippen MR) is 56.0 cm³/mol. The molecular weight excluding hydrogens is 212 g/mol. The molecule has 1 aromatic heterocycles. The Hall–Kier alpha value is -1.89. The lowest BCUT2D eigenvalue weighted by Crippen LogP contribution is -2.40. The van der Waals surface area contributed by atoms with Crippen LogP contribution >= 0.6 is 0 Å². The highest BCUT2D eigenvalue weighted by molar-refractivity contribution is 5.88. The number of methoxy groups -OCH3 is 1. The van der Waals surface area contributed by atoms with Gasteiger partial charge in [-0.25, -0.2) is 9.78 Å². The first-order valence-corrected chi connectivity index (χ1v) is 4.76. The fraction of sp³-hybridized carbons (Fsp3) is 0.444. The Morgan fingerprint density at radius 3 is 2.94 bits per heavy atom. The molecule has 2 rings (SSSR count). The van der Waals surface area contributed by atoms with E-state index in [4.69, 9.17) is 10.5 Å². The van der Waals surface area contributed by atoms with Gasteiger partial charge in [0.05, 0.1) is 26.4 Å². The lowest BCUT2D eigenvalue weighted by atomic mass is 10.2. The molecule has 7 nitrogen and oxygen atoms in total. The van der Waals surface area contributed by atoms with Gasteiger partial charge in [-0.15, -0.1) is 0 Å². The van der Waals surface area contributed by atoms with E-state index < -0.39 is 5.97 Å². The maximum atomic E-state index is 11.3. The number of nitrogen functional groups attached to an aromatic ring is 1. The predicted octanol–water partition coefficient (Wildman–Crippen LogP) is -0.344. The minimum atomic E-state index is -0.540. The number of ether oxygens (including phenoxy) is 2. The second-order valence-electron chi connectivity index (χ2n) is 3.37. The van der Waals surface area contributed by atoms with Crippen LogP contribution in [0.15, 0.2) is 6.07 Å². The summed E-state index contributed by atoms with van der Waals surface area (Å²) in [7, 11) is 1.29. The van der Waals surface area contributed by atoms with Crippen LogP contribution in [0.3, 0.4) is 0 Å². The molecule has 16 heavy (non-hydrogen) atoms. The molecule has 86 valence electrons. The minimum absolute atomic E-state index is 0.0330. The third kappa shape index (κ3) is 2.19. The van der Waals surface area contributed by atoms with Crippen LogP contribution in [0, 0.1) is 0 Å². The molecule has 0 radical (unpaired) electrons. The first kappa shape index (κ1) is 10.6. The van der Waals surface area contributed by atoms with Crippen molar-refractivity contribution in [2.75, 3.05) is 31.4 Å². The third-order valence-corrected chi connectivity index (χ3v) is 2.13. The van der Waals surface area contributed by atoms with Gasteiger partial charge in [0.2, 0.25) is 5.95 Å². The summed E-state index contributed by atoms with van der Waals surface area (Å²) in [6.07, 6.45) is 0. The maximum Gasteiger partial charge on any atom is 0.356 e. The monoisotopic (exact) mass is 224 g/mol. The first-order chi connectivity index (χ1) is 7.69. The van der Waals surface area contributed by atoms with Crippen molar-refractivity contribution in [2.45, 2.75) is 6.04 Å². The number of anilines is 2. The number of carbonyl (C=O) groups is 1. The Labute approximate surface area is 92.0 Å². The summed E-state index contributed by atoms with van der Waals surface area (Å²) in [5.41, 5.74) is 5.62. The highest BCUT2D eigenvalue weighted by Gasteiger charge is 2.19. The molecule has 1 saturated heterocycles. The summed E-state index contributed by atoms with van der Waals surface area (Å²) < 4.78 is 9.56. The van der Waals surface area contributed by atoms with Crippen molar-refractivity contribution < 1.29 is 14.3 Å². The van der Waals surface area contributed by atoms with Crippen LogP contribution in [-0.2, 0) is 9.47 Å². The van der Waals surface area contributed by atoms with E-state index in [-0.39, 0.29) is 17.7 Å². The first-order valence-electron chi connectivity index (χ1n) is 4.76. The van der Waals surface area contributed by atoms with E-state index in [2.05, 4.69) is 20.0 Å². The molecule has 1 aromatic rings. The van der Waals surface area contributed by atoms with Crippen LogP contribution in [0.5, 0.6) is 0 Å². The quantitative estimate of drug-likeness (QED) is 0.677. The van der Waals surface area contributed by atoms with Gasteiger partial charge >= 0.3 is 5.97 Å². The van der Waals surface area contributed by atoms with Gasteiger partial charge < -0.3 is 20.5 Å². The average molecular weight is 224 g/mol. The van der Waals surface area contributed by atoms with Crippen molar-refractivity contribution in [3.05, 3.63) is 11.8 Å². The molecular formula is C9H12N4O3. The molecule has 2 heterocycles. The molecule has 0 unspecified atom stereocenters. The van der Waals surface area contributed by atoms with Gasteiger partial charge in [-0.3, -0.25) is 0 Å². The molecule has 0 bridgehead atoms. The fourth-order valence-corrected chi connectivity index (χ4v) is 1.28. The minimum Gasteiger partial charge on any atom is -0.464 e. The van der Waals surface area contributed by atoms with Crippen molar-refractivity contribution >= 4 is 17.7 Å². The zero-order valence-electron chi connectivity index (χ0n) is 8.77. The third-order valence-electron chi connectivity index (χ3n) is 2.13. The summed E-state index contributed by atoms with van der Waals surface area (Å²) >= 11 is 0. The van der Waals surface area contributed by atoms with E-state index in [1.165, 1.54) is 13.2 Å². The molecule has 0 spiro atoms. The van der Waals surface area contributed by atoms with Gasteiger partial charge in [-0.05, 0) is 0 Å². The van der Waals surface area contributed by atoms with Gasteiger partial charge in [0, 0.05) is 6.07 Å². The number of hydrogen-bond acceptors (Lipinski definition) is 7. The summed E-state index contributed by atoms with van der Waals surface area (Å²) in [5, 5.41) is 3.07. The van der Waals surface area contributed by atoms with Crippen LogP contribution in [0.1, 0.15) is 10.5 Å². The molecule has 1 aliphatic rings. The van der Waals surface area contributed by atoms with E-state index in [1.807, 2.05) is 0 Å². The number of nitrogens with zero attached hydrogens (tertiary/aromatic N) is 2. The molecule has 0 amide bonds. The van der Waals surface area contributed by atoms with Crippen molar-refractivity contribution in [2.24, 2.45) is 0 Å². The topological polar surface area (TPSA) is 99.4 Å². The van der Waals surface area contributed by atoms with Gasteiger partial charge in [-0.1, -0.05) is 0 Å². The standard InChI is InChI=1S/C9H12N4O3/c1-15-8(14)6-2-7(13-9(10)12-6)11-5-3-16-4-5/h2,5H,3-4H2,1H3,(H3,10,11,12,13). The Kier molecular flexibility index (Phi) is 2.86. The number of nitrogens with two attached hydrogens (primary N) is 1. The molecule has 0 aromatic carbocycles. The number of carbonyl (C=O) groups excluding carboxylic acids is 1. The number of aromatic nitrogens is 2. The van der Waals surface area contributed by atoms with Crippen molar-refractivity contribution in [3.8, 4) is 0 Å². The van der Waals surface area contributed by atoms with Crippen LogP contribution in [0.25, 0.3) is 0 Å². The van der Waals surface area contributed by atoms with Crippen molar-refractivity contribution in [1.82, 2.24) is 9.97 Å². The Bertz CT molecular complexity index is 406. The average Bonchev–Trinajstić information content (AvgIpc) is 2.21. The normalized spacial score (nSPS) is 15.3. The fourth-order valence-electron chi connectivity index (χ4n) is 1.28. The van der Waals surface area contributed by atoms with Gasteiger partial charge in [0.1, 0.15) is 5.82 Å². The van der Waals surface area contributed by atoms with Crippen LogP contribution < -0.4 is 11.1 Å². The van der Waals surface area contributed by atoms with Gasteiger partial charge in [0.15, 0.2) is 5.69 Å². The van der Waals surface area contributed by atoms with E-state index in [0.29, 0.717) is 19.0 Å². The second-order valence-corrected chi connectivity index (χ2v) is 3.37. The smallest absolute Gasteiger partial charge is 0.356 e. The zero-order valence-corrected chi connectivity index (χ0v) is 8.77. The van der Waals surface area contributed by atoms with E-state index >= 15 is 0 Å². The van der Waals surface area contributed by atoms with Crippen molar-refractivity contribution in [3.63, 3.8) is 0 Å². The summed E-state index contributed by atoms with van der Waals surface area (Å²) in [4.78, 5) is 19.0. The Morgan fingerprint density at radius 1 is 1.62 bits per heavy atom. The Balaban J connectivity index is 2.17. The lowest BCUT2D eigenvalue weighted by Gasteiger charge is -2.27. The highest BCUT2D eigenvalue weighted by Crippen LogP contribution is 2.13. The molecule has 1 aliphatic heterocycles. The number of hydrogen-bond donors (Lipinski definition) is 2. The van der Waals surface area contributed by atoms with Crippen LogP contribution in [-0.4, -0.2) is 42.3 Å². The second kappa shape index (κ2) is 4.31. The summed E-state index contributed by atoms with van der Waals surface area (Å²) in [6, 6.07) is 1.71. The highest BCUT2D eigenvalue weighted by atomic mass is 16.5. The largest absolute Gasteiger partial charge is 0.464 e. The van der Waals surface area contributed by atoms with Gasteiger partial charge in [-0.2, -0.15) is 4.98 Å². The van der Waals surface area contributed by atoms with Crippen LogP contribution in [0.4, 0.5) is 11.8 Å². The maximum absolute atomic E-state index is 11.3. The lowest BCUT2D eigenvalue weighted by molar-refractivity contribution is 0.0209. The zero-order chi connectivity index (χ0) is 11.5. The molecule has 0 atom stereocenters. The molecule has 0 saturated carbocycles. The summed E-state index contributed by atoms with van der Waals surface area (Å²) in [6.45, 7) is 1.24. The SMILES string of the molecule is COC(=O)c1cc(NC2COC2)nc(N)n1. The molecule has 7 heteroatoms. The molecule has 0 aliphatic carbocycles. The van der Waals surface area contributed by atoms with Crippen molar-refractivity contribution in [1.29, 1.82) is 0 Å². The van der Waals surface area contributed by atoms with E-state index in [1.54, 1.807) is 0 Å². The van der Waals surface area contributed by atoms with Gasteiger partial charge in [0.25, 0.3) is 0 Å². The Morgan fingerprint density at radius 2 is 2.38 bits per heavy atom. The van der Waals surface area contributed by atoms with Crippen LogP contribution in [0.2, 0.25) is 0 Å². The van der Waals surface area contributed by atoms with E-state index in [0.717, 1.165) is 0 Å². The number of rotatable bonds is 3. The molecule has 1 fully saturated rings. The number of esters is 1. The number of nitrogens with one attached hydrogen (secondary N) is 1. The van der Waals surface area contributed by atoms with E-state index in [9.17, 15) is 4.79 Å². The molecule has 3 N–H and O–H groups in total.